The summed E-state index contributed by atoms with van der Waals surface area (Å²) >= 11 is 3.48. The molecule has 194 valence electrons. The fourth-order valence-electron chi connectivity index (χ4n) is 4.95. The van der Waals surface area contributed by atoms with Crippen LogP contribution < -0.4 is 21.2 Å². The van der Waals surface area contributed by atoms with Crippen LogP contribution in [0.2, 0.25) is 0 Å². The maximum Gasteiger partial charge on any atom is 0.174 e. The SMILES string of the molecule is O=C(c1cccc(Br)c1)C(CP(=O)(c1ccccc1)c1ccccc1)P(=O)(c1ccccc1)c1ccccc1. The van der Waals surface area contributed by atoms with Gasteiger partial charge in [0.05, 0.1) is 5.66 Å². The summed E-state index contributed by atoms with van der Waals surface area (Å²) in [6.45, 7) is 0. The van der Waals surface area contributed by atoms with Gasteiger partial charge in [0.1, 0.15) is 7.14 Å². The van der Waals surface area contributed by atoms with E-state index in [1.54, 1.807) is 18.2 Å². The van der Waals surface area contributed by atoms with Crippen molar-refractivity contribution >= 4 is 57.2 Å². The summed E-state index contributed by atoms with van der Waals surface area (Å²) in [5.74, 6) is -0.292. The molecule has 0 amide bonds. The van der Waals surface area contributed by atoms with Crippen molar-refractivity contribution < 1.29 is 13.9 Å². The van der Waals surface area contributed by atoms with Crippen LogP contribution in [-0.2, 0) is 9.13 Å². The number of ketones is 1. The smallest absolute Gasteiger partial charge is 0.174 e. The summed E-state index contributed by atoms with van der Waals surface area (Å²) in [5, 5.41) is 2.40. The minimum absolute atomic E-state index is 0.0760. The molecule has 3 nitrogen and oxygen atoms in total. The van der Waals surface area contributed by atoms with Gasteiger partial charge in [-0.3, -0.25) is 4.79 Å². The molecule has 39 heavy (non-hydrogen) atoms. The quantitative estimate of drug-likeness (QED) is 0.133. The van der Waals surface area contributed by atoms with Crippen molar-refractivity contribution in [1.29, 1.82) is 0 Å². The molecule has 0 aromatic heterocycles. The number of halogens is 1. The summed E-state index contributed by atoms with van der Waals surface area (Å²) in [6.07, 6.45) is -0.0760. The lowest BCUT2D eigenvalue weighted by atomic mass is 10.1. The van der Waals surface area contributed by atoms with Gasteiger partial charge in [-0.25, -0.2) is 0 Å². The number of rotatable bonds is 9. The molecule has 1 atom stereocenters. The van der Waals surface area contributed by atoms with Crippen molar-refractivity contribution in [3.05, 3.63) is 156 Å². The van der Waals surface area contributed by atoms with Crippen LogP contribution in [0.1, 0.15) is 10.4 Å². The zero-order chi connectivity index (χ0) is 27.3. The molecule has 1 unspecified atom stereocenters. The summed E-state index contributed by atoms with van der Waals surface area (Å²) in [5.41, 5.74) is -0.642. The Hall–Kier alpha value is -3.29. The molecule has 0 saturated heterocycles. The van der Waals surface area contributed by atoms with E-state index in [2.05, 4.69) is 15.9 Å². The van der Waals surface area contributed by atoms with Crippen molar-refractivity contribution in [2.45, 2.75) is 5.66 Å². The highest BCUT2D eigenvalue weighted by molar-refractivity contribution is 9.10. The predicted molar refractivity (Wildman–Crippen MR) is 167 cm³/mol. The van der Waals surface area contributed by atoms with Crippen molar-refractivity contribution in [2.75, 3.05) is 6.16 Å². The molecule has 0 fully saturated rings. The Morgan fingerprint density at radius 2 is 0.974 bits per heavy atom. The molecule has 6 heteroatoms. The third-order valence-corrected chi connectivity index (χ3v) is 14.3. The van der Waals surface area contributed by atoms with Gasteiger partial charge in [-0.2, -0.15) is 0 Å². The van der Waals surface area contributed by atoms with Gasteiger partial charge < -0.3 is 9.13 Å². The van der Waals surface area contributed by atoms with Gasteiger partial charge in [-0.15, -0.1) is 0 Å². The Morgan fingerprint density at radius 1 is 0.564 bits per heavy atom. The molecule has 0 radical (unpaired) electrons. The Kier molecular flexibility index (Phi) is 8.29. The third kappa shape index (κ3) is 5.56. The zero-order valence-corrected chi connectivity index (χ0v) is 24.5. The molecule has 0 bridgehead atoms. The molecule has 0 aliphatic rings. The molecule has 0 aliphatic carbocycles. The van der Waals surface area contributed by atoms with Crippen LogP contribution in [0.4, 0.5) is 0 Å². The average Bonchev–Trinajstić information content (AvgIpc) is 3.01. The van der Waals surface area contributed by atoms with E-state index in [0.29, 0.717) is 26.8 Å². The van der Waals surface area contributed by atoms with E-state index in [4.69, 9.17) is 0 Å². The Labute approximate surface area is 237 Å². The van der Waals surface area contributed by atoms with Crippen molar-refractivity contribution in [1.82, 2.24) is 0 Å². The standard InChI is InChI=1S/C33H27BrO3P2/c34-27-15-13-14-26(24-27)33(35)32(39(37,30-20-9-3-10-21-30)31-22-11-4-12-23-31)25-38(36,28-16-5-1-6-17-28)29-18-7-2-8-19-29/h1-24,32H,25H2. The normalized spacial score (nSPS) is 12.5. The number of Topliss-reactive ketones (excluding diaryl/α,β-unsaturated/α-hetero) is 1. The third-order valence-electron chi connectivity index (χ3n) is 6.91. The van der Waals surface area contributed by atoms with Crippen LogP contribution in [0.5, 0.6) is 0 Å². The van der Waals surface area contributed by atoms with E-state index in [9.17, 15) is 4.79 Å². The van der Waals surface area contributed by atoms with Gasteiger partial charge >= 0.3 is 0 Å². The second kappa shape index (κ2) is 11.8. The van der Waals surface area contributed by atoms with E-state index >= 15 is 9.13 Å². The van der Waals surface area contributed by atoms with Gasteiger partial charge in [0.25, 0.3) is 0 Å². The minimum Gasteiger partial charge on any atom is -0.314 e. The van der Waals surface area contributed by atoms with Crippen LogP contribution in [0, 0.1) is 0 Å². The average molecular weight is 613 g/mol. The van der Waals surface area contributed by atoms with Crippen molar-refractivity contribution in [3.8, 4) is 0 Å². The maximum absolute atomic E-state index is 15.6. The second-order valence-electron chi connectivity index (χ2n) is 9.31. The molecule has 0 heterocycles. The van der Waals surface area contributed by atoms with E-state index in [0.717, 1.165) is 4.47 Å². The lowest BCUT2D eigenvalue weighted by molar-refractivity contribution is 0.0992. The highest BCUT2D eigenvalue weighted by Gasteiger charge is 2.46. The Balaban J connectivity index is 1.78. The summed E-state index contributed by atoms with van der Waals surface area (Å²) in [4.78, 5) is 14.5. The minimum atomic E-state index is -3.65. The lowest BCUT2D eigenvalue weighted by Crippen LogP contribution is -2.37. The predicted octanol–water partition coefficient (Wildman–Crippen LogP) is 7.03. The molecular formula is C33H27BrO3P2. The summed E-state index contributed by atoms with van der Waals surface area (Å²) in [6, 6.07) is 43.9. The molecule has 5 aromatic carbocycles. The fraction of sp³-hybridized carbons (Fsp3) is 0.0606. The molecule has 0 spiro atoms. The van der Waals surface area contributed by atoms with Gasteiger partial charge in [-0.1, -0.05) is 149 Å². The molecule has 0 N–H and O–H groups in total. The second-order valence-corrected chi connectivity index (χ2v) is 16.1. The molecular weight excluding hydrogens is 586 g/mol. The number of benzene rings is 5. The first-order valence-corrected chi connectivity index (χ1v) is 17.1. The number of hydrogen-bond acceptors (Lipinski definition) is 3. The Morgan fingerprint density at radius 3 is 1.38 bits per heavy atom. The van der Waals surface area contributed by atoms with Gasteiger partial charge in [0.2, 0.25) is 0 Å². The largest absolute Gasteiger partial charge is 0.314 e. The Bertz CT molecular complexity index is 1570. The fourth-order valence-corrected chi connectivity index (χ4v) is 12.4. The van der Waals surface area contributed by atoms with E-state index in [-0.39, 0.29) is 11.9 Å². The van der Waals surface area contributed by atoms with Crippen molar-refractivity contribution in [2.24, 2.45) is 0 Å². The zero-order valence-electron chi connectivity index (χ0n) is 21.1. The maximum atomic E-state index is 15.6. The van der Waals surface area contributed by atoms with Crippen LogP contribution in [0.25, 0.3) is 0 Å². The first kappa shape index (κ1) is 27.3. The van der Waals surface area contributed by atoms with Crippen LogP contribution in [0.3, 0.4) is 0 Å². The first-order chi connectivity index (χ1) is 18.9. The highest BCUT2D eigenvalue weighted by Crippen LogP contribution is 2.56. The highest BCUT2D eigenvalue weighted by atomic mass is 79.9. The monoisotopic (exact) mass is 612 g/mol. The lowest BCUT2D eigenvalue weighted by Gasteiger charge is -2.31. The molecule has 5 aromatic rings. The molecule has 5 rings (SSSR count). The van der Waals surface area contributed by atoms with Gasteiger partial charge in [0.15, 0.2) is 12.9 Å². The number of carbonyl (C=O) groups is 1. The van der Waals surface area contributed by atoms with Crippen LogP contribution in [0.15, 0.2) is 150 Å². The topological polar surface area (TPSA) is 51.2 Å². The summed E-state index contributed by atoms with van der Waals surface area (Å²) < 4.78 is 31.6. The van der Waals surface area contributed by atoms with Crippen LogP contribution in [-0.4, -0.2) is 17.6 Å². The van der Waals surface area contributed by atoms with E-state index < -0.39 is 19.9 Å². The summed E-state index contributed by atoms with van der Waals surface area (Å²) in [7, 11) is -7.05. The van der Waals surface area contributed by atoms with Crippen molar-refractivity contribution in [3.63, 3.8) is 0 Å². The van der Waals surface area contributed by atoms with Gasteiger partial charge in [-0.05, 0) is 12.1 Å². The number of hydrogen-bond donors (Lipinski definition) is 0. The van der Waals surface area contributed by atoms with E-state index in [1.807, 2.05) is 127 Å². The first-order valence-electron chi connectivity index (χ1n) is 12.6. The molecule has 0 aliphatic heterocycles. The molecule has 0 saturated carbocycles. The van der Waals surface area contributed by atoms with E-state index in [1.165, 1.54) is 0 Å². The van der Waals surface area contributed by atoms with Gasteiger partial charge in [0, 0.05) is 37.4 Å². The van der Waals surface area contributed by atoms with Crippen LogP contribution >= 0.6 is 30.2 Å². The number of carbonyl (C=O) groups excluding carboxylic acids is 1.